The maximum Gasteiger partial charge on any atom is 0.228 e. The largest absolute Gasteiger partial charge is 0.361 e. The lowest BCUT2D eigenvalue weighted by molar-refractivity contribution is -0.135. The van der Waals surface area contributed by atoms with Gasteiger partial charge >= 0.3 is 0 Å². The van der Waals surface area contributed by atoms with E-state index in [-0.39, 0.29) is 24.2 Å². The van der Waals surface area contributed by atoms with Crippen molar-refractivity contribution in [3.63, 3.8) is 0 Å². The van der Waals surface area contributed by atoms with E-state index in [2.05, 4.69) is 5.16 Å². The first kappa shape index (κ1) is 16.2. The molecule has 1 aliphatic rings. The fourth-order valence-corrected chi connectivity index (χ4v) is 3.08. The average molecular weight is 327 g/mol. The first-order valence-corrected chi connectivity index (χ1v) is 7.99. The maximum absolute atomic E-state index is 12.7. The van der Waals surface area contributed by atoms with Crippen molar-refractivity contribution in [3.8, 4) is 0 Å². The second-order valence-corrected chi connectivity index (χ2v) is 6.24. The molecule has 0 spiro atoms. The number of aromatic nitrogens is 1. The first-order valence-electron chi connectivity index (χ1n) is 7.99. The SMILES string of the molecule is Cc1noc(C)c1CN(C)C(=O)[C@H]1CC(=O)N(c2ccccc2)C1. The highest BCUT2D eigenvalue weighted by molar-refractivity contribution is 6.00. The van der Waals surface area contributed by atoms with Gasteiger partial charge in [0.25, 0.3) is 0 Å². The number of carbonyl (C=O) groups is 2. The molecule has 0 bridgehead atoms. The Morgan fingerprint density at radius 3 is 2.67 bits per heavy atom. The monoisotopic (exact) mass is 327 g/mol. The Labute approximate surface area is 141 Å². The summed E-state index contributed by atoms with van der Waals surface area (Å²) < 4.78 is 5.14. The summed E-state index contributed by atoms with van der Waals surface area (Å²) in [6, 6.07) is 9.46. The van der Waals surface area contributed by atoms with E-state index >= 15 is 0 Å². The van der Waals surface area contributed by atoms with Gasteiger partial charge in [0, 0.05) is 31.3 Å². The molecule has 1 saturated heterocycles. The third-order valence-electron chi connectivity index (χ3n) is 4.49. The highest BCUT2D eigenvalue weighted by Crippen LogP contribution is 2.26. The lowest BCUT2D eigenvalue weighted by atomic mass is 10.1. The van der Waals surface area contributed by atoms with Gasteiger partial charge < -0.3 is 14.3 Å². The van der Waals surface area contributed by atoms with Crippen LogP contribution in [0.5, 0.6) is 0 Å². The molecule has 6 heteroatoms. The molecule has 1 atom stereocenters. The van der Waals surface area contributed by atoms with Gasteiger partial charge in [0.05, 0.1) is 18.2 Å². The topological polar surface area (TPSA) is 66.7 Å². The van der Waals surface area contributed by atoms with Crippen LogP contribution in [0.25, 0.3) is 0 Å². The second-order valence-electron chi connectivity index (χ2n) is 6.24. The molecule has 2 heterocycles. The van der Waals surface area contributed by atoms with E-state index in [1.165, 1.54) is 0 Å². The molecule has 0 saturated carbocycles. The van der Waals surface area contributed by atoms with Gasteiger partial charge in [-0.3, -0.25) is 9.59 Å². The van der Waals surface area contributed by atoms with Gasteiger partial charge in [-0.05, 0) is 26.0 Å². The van der Waals surface area contributed by atoms with Crippen molar-refractivity contribution < 1.29 is 14.1 Å². The number of nitrogens with zero attached hydrogens (tertiary/aromatic N) is 3. The lowest BCUT2D eigenvalue weighted by Gasteiger charge is -2.21. The lowest BCUT2D eigenvalue weighted by Crippen LogP contribution is -2.34. The van der Waals surface area contributed by atoms with Gasteiger partial charge in [-0.25, -0.2) is 0 Å². The zero-order valence-corrected chi connectivity index (χ0v) is 14.2. The van der Waals surface area contributed by atoms with Crippen LogP contribution in [-0.2, 0) is 16.1 Å². The molecule has 2 aromatic rings. The fraction of sp³-hybridized carbons (Fsp3) is 0.389. The molecule has 6 nitrogen and oxygen atoms in total. The predicted molar refractivity (Wildman–Crippen MR) is 89.4 cm³/mol. The van der Waals surface area contributed by atoms with Crippen molar-refractivity contribution in [2.45, 2.75) is 26.8 Å². The summed E-state index contributed by atoms with van der Waals surface area (Å²) in [5, 5.41) is 3.91. The molecular weight excluding hydrogens is 306 g/mol. The van der Waals surface area contributed by atoms with E-state index in [1.807, 2.05) is 44.2 Å². The van der Waals surface area contributed by atoms with Crippen LogP contribution in [0.1, 0.15) is 23.4 Å². The van der Waals surface area contributed by atoms with Crippen molar-refractivity contribution in [1.82, 2.24) is 10.1 Å². The average Bonchev–Trinajstić information content (AvgIpc) is 3.12. The fourth-order valence-electron chi connectivity index (χ4n) is 3.08. The van der Waals surface area contributed by atoms with E-state index in [0.29, 0.717) is 13.1 Å². The van der Waals surface area contributed by atoms with Crippen molar-refractivity contribution in [2.75, 3.05) is 18.5 Å². The van der Waals surface area contributed by atoms with Crippen LogP contribution >= 0.6 is 0 Å². The normalized spacial score (nSPS) is 17.4. The highest BCUT2D eigenvalue weighted by atomic mass is 16.5. The summed E-state index contributed by atoms with van der Waals surface area (Å²) in [5.41, 5.74) is 2.56. The smallest absolute Gasteiger partial charge is 0.228 e. The number of para-hydroxylation sites is 1. The third-order valence-corrected chi connectivity index (χ3v) is 4.49. The number of amides is 2. The van der Waals surface area contributed by atoms with E-state index in [4.69, 9.17) is 4.52 Å². The van der Waals surface area contributed by atoms with Gasteiger partial charge in [0.2, 0.25) is 11.8 Å². The molecule has 0 N–H and O–H groups in total. The minimum atomic E-state index is -0.317. The third kappa shape index (κ3) is 3.04. The zero-order chi connectivity index (χ0) is 17.3. The number of benzene rings is 1. The maximum atomic E-state index is 12.7. The number of hydrogen-bond donors (Lipinski definition) is 0. The van der Waals surface area contributed by atoms with Crippen LogP contribution in [0.15, 0.2) is 34.9 Å². The van der Waals surface area contributed by atoms with E-state index in [1.54, 1.807) is 16.8 Å². The van der Waals surface area contributed by atoms with Crippen molar-refractivity contribution in [2.24, 2.45) is 5.92 Å². The van der Waals surface area contributed by atoms with E-state index < -0.39 is 0 Å². The van der Waals surface area contributed by atoms with Crippen LogP contribution in [0.4, 0.5) is 5.69 Å². The standard InChI is InChI=1S/C18H21N3O3/c1-12-16(13(2)24-19-12)11-20(3)18(23)14-9-17(22)21(10-14)15-7-5-4-6-8-15/h4-8,14H,9-11H2,1-3H3/t14-/m0/s1. The number of hydrogen-bond acceptors (Lipinski definition) is 4. The molecule has 126 valence electrons. The van der Waals surface area contributed by atoms with Crippen molar-refractivity contribution in [3.05, 3.63) is 47.3 Å². The summed E-state index contributed by atoms with van der Waals surface area (Å²) in [6.45, 7) is 4.56. The van der Waals surface area contributed by atoms with Crippen LogP contribution in [0, 0.1) is 19.8 Å². The number of anilines is 1. The van der Waals surface area contributed by atoms with Gasteiger partial charge in [-0.1, -0.05) is 23.4 Å². The molecule has 1 aliphatic heterocycles. The minimum Gasteiger partial charge on any atom is -0.361 e. The van der Waals surface area contributed by atoms with Gasteiger partial charge in [-0.2, -0.15) is 0 Å². The predicted octanol–water partition coefficient (Wildman–Crippen LogP) is 2.30. The van der Waals surface area contributed by atoms with Crippen molar-refractivity contribution in [1.29, 1.82) is 0 Å². The zero-order valence-electron chi connectivity index (χ0n) is 14.2. The molecule has 0 unspecified atom stereocenters. The van der Waals surface area contributed by atoms with Gasteiger partial charge in [0.1, 0.15) is 5.76 Å². The van der Waals surface area contributed by atoms with Crippen LogP contribution in [0.2, 0.25) is 0 Å². The van der Waals surface area contributed by atoms with Gasteiger partial charge in [-0.15, -0.1) is 0 Å². The molecule has 24 heavy (non-hydrogen) atoms. The Hall–Kier alpha value is -2.63. The summed E-state index contributed by atoms with van der Waals surface area (Å²) in [5.74, 6) is 0.371. The quantitative estimate of drug-likeness (QED) is 0.864. The number of carbonyl (C=O) groups excluding carboxylic acids is 2. The Bertz CT molecular complexity index is 735. The Morgan fingerprint density at radius 2 is 2.04 bits per heavy atom. The van der Waals surface area contributed by atoms with Crippen LogP contribution < -0.4 is 4.90 Å². The van der Waals surface area contributed by atoms with Gasteiger partial charge in [0.15, 0.2) is 0 Å². The molecule has 1 fully saturated rings. The summed E-state index contributed by atoms with van der Waals surface area (Å²) in [4.78, 5) is 28.3. The summed E-state index contributed by atoms with van der Waals surface area (Å²) in [7, 11) is 1.75. The number of rotatable bonds is 4. The molecule has 0 radical (unpaired) electrons. The molecule has 2 amide bonds. The molecule has 1 aromatic heterocycles. The molecule has 0 aliphatic carbocycles. The van der Waals surface area contributed by atoms with E-state index in [0.717, 1.165) is 22.7 Å². The molecule has 1 aromatic carbocycles. The Kier molecular flexibility index (Phi) is 4.38. The van der Waals surface area contributed by atoms with E-state index in [9.17, 15) is 9.59 Å². The Morgan fingerprint density at radius 1 is 1.33 bits per heavy atom. The minimum absolute atomic E-state index is 0.00899. The summed E-state index contributed by atoms with van der Waals surface area (Å²) in [6.07, 6.45) is 0.250. The first-order chi connectivity index (χ1) is 11.5. The Balaban J connectivity index is 1.68. The van der Waals surface area contributed by atoms with Crippen LogP contribution in [0.3, 0.4) is 0 Å². The second kappa shape index (κ2) is 6.47. The van der Waals surface area contributed by atoms with Crippen molar-refractivity contribution >= 4 is 17.5 Å². The number of aryl methyl sites for hydroxylation is 2. The molecular formula is C18H21N3O3. The summed E-state index contributed by atoms with van der Waals surface area (Å²) >= 11 is 0. The molecule has 3 rings (SSSR count). The van der Waals surface area contributed by atoms with Crippen LogP contribution in [-0.4, -0.2) is 35.5 Å². The highest BCUT2D eigenvalue weighted by Gasteiger charge is 2.36.